The third-order valence-electron chi connectivity index (χ3n) is 8.04. The van der Waals surface area contributed by atoms with Crippen LogP contribution < -0.4 is 11.1 Å². The molecule has 1 saturated carbocycles. The normalized spacial score (nSPS) is 21.6. The molecule has 4 N–H and O–H groups in total. The fraction of sp³-hybridized carbons (Fsp3) is 0.484. The van der Waals surface area contributed by atoms with Gasteiger partial charge in [0.05, 0.1) is 12.6 Å². The third kappa shape index (κ3) is 7.76. The second-order valence-corrected chi connectivity index (χ2v) is 12.8. The Labute approximate surface area is 244 Å². The van der Waals surface area contributed by atoms with Crippen molar-refractivity contribution in [2.24, 2.45) is 22.1 Å². The van der Waals surface area contributed by atoms with Gasteiger partial charge in [-0.25, -0.2) is 0 Å². The van der Waals surface area contributed by atoms with E-state index in [0.717, 1.165) is 36.8 Å². The molecule has 2 aromatic carbocycles. The minimum Gasteiger partial charge on any atom is -0.386 e. The fourth-order valence-electron chi connectivity index (χ4n) is 5.66. The highest BCUT2D eigenvalue weighted by Gasteiger charge is 2.52. The van der Waals surface area contributed by atoms with Crippen molar-refractivity contribution in [3.05, 3.63) is 70.8 Å². The molecule has 2 aromatic rings. The Balaban J connectivity index is 0.000000587. The number of nitrogens with zero attached hydrogens (tertiary/aromatic N) is 2. The number of hydrogen-bond donors (Lipinski definition) is 3. The number of rotatable bonds is 7. The second kappa shape index (κ2) is 12.8. The van der Waals surface area contributed by atoms with Gasteiger partial charge in [0.25, 0.3) is 11.6 Å². The summed E-state index contributed by atoms with van der Waals surface area (Å²) in [7, 11) is 1.57. The summed E-state index contributed by atoms with van der Waals surface area (Å²) in [6, 6.07) is 14.1. The van der Waals surface area contributed by atoms with E-state index in [0.29, 0.717) is 23.6 Å². The number of amidine groups is 1. The van der Waals surface area contributed by atoms with Gasteiger partial charge >= 0.3 is 0 Å². The zero-order valence-electron chi connectivity index (χ0n) is 24.5. The van der Waals surface area contributed by atoms with E-state index < -0.39 is 11.3 Å². The summed E-state index contributed by atoms with van der Waals surface area (Å²) in [6.45, 7) is 11.0. The molecule has 41 heavy (non-hydrogen) atoms. The minimum atomic E-state index is -3.06. The van der Waals surface area contributed by atoms with Crippen molar-refractivity contribution in [1.82, 2.24) is 10.2 Å². The Kier molecular flexibility index (Phi) is 10.1. The Bertz CT molecular complexity index is 1280. The van der Waals surface area contributed by atoms with E-state index in [1.165, 1.54) is 12.1 Å². The number of benzene rings is 2. The number of aryl methyl sites for hydroxylation is 1. The van der Waals surface area contributed by atoms with Crippen LogP contribution in [0.4, 0.5) is 8.78 Å². The first-order valence-corrected chi connectivity index (χ1v) is 14.4. The van der Waals surface area contributed by atoms with Crippen LogP contribution in [0.5, 0.6) is 0 Å². The minimum absolute atomic E-state index is 0.0351. The first kappa shape index (κ1) is 32.3. The van der Waals surface area contributed by atoms with Gasteiger partial charge in [0, 0.05) is 11.1 Å². The molecular weight excluding hydrogens is 543 g/mol. The predicted molar refractivity (Wildman–Crippen MR) is 163 cm³/mol. The Morgan fingerprint density at radius 1 is 1.22 bits per heavy atom. The molecule has 0 radical (unpaired) electrons. The summed E-state index contributed by atoms with van der Waals surface area (Å²) in [4.78, 5) is 30.3. The molecule has 7 nitrogen and oxygen atoms in total. The SMILES string of the molecule is Cc1ccc(C(C)N2C(=O)C(c3cccc(C(F)(F)P)c3)=NC23CCC(C(C)(C)C)CC3)cc1.N=C(N)CNC=O. The van der Waals surface area contributed by atoms with Crippen molar-refractivity contribution in [3.8, 4) is 0 Å². The van der Waals surface area contributed by atoms with Crippen molar-refractivity contribution in [3.63, 3.8) is 0 Å². The molecular formula is C31H42F2N5O2P. The molecule has 1 aliphatic carbocycles. The number of carbonyl (C=O) groups is 2. The molecule has 1 aliphatic heterocycles. The first-order chi connectivity index (χ1) is 19.1. The predicted octanol–water partition coefficient (Wildman–Crippen LogP) is 5.91. The summed E-state index contributed by atoms with van der Waals surface area (Å²) >= 11 is 0. The van der Waals surface area contributed by atoms with Crippen molar-refractivity contribution in [2.75, 3.05) is 6.54 Å². The molecule has 4 rings (SSSR count). The average Bonchev–Trinajstić information content (AvgIpc) is 3.18. The number of carbonyl (C=O) groups excluding carboxylic acids is 2. The molecule has 10 heteroatoms. The molecule has 1 heterocycles. The van der Waals surface area contributed by atoms with Gasteiger partial charge in [0.15, 0.2) is 0 Å². The van der Waals surface area contributed by atoms with Crippen LogP contribution in [0.3, 0.4) is 0 Å². The van der Waals surface area contributed by atoms with Crippen LogP contribution in [0.15, 0.2) is 53.5 Å². The number of alkyl halides is 2. The summed E-state index contributed by atoms with van der Waals surface area (Å²) in [6.07, 6.45) is 4.02. The monoisotopic (exact) mass is 585 g/mol. The maximum absolute atomic E-state index is 14.0. The maximum atomic E-state index is 14.0. The van der Waals surface area contributed by atoms with Gasteiger partial charge in [-0.15, -0.1) is 0 Å². The smallest absolute Gasteiger partial charge is 0.283 e. The summed E-state index contributed by atoms with van der Waals surface area (Å²) in [5.74, 6) is 0.349. The topological polar surface area (TPSA) is 112 Å². The van der Waals surface area contributed by atoms with Gasteiger partial charge in [-0.1, -0.05) is 78.0 Å². The van der Waals surface area contributed by atoms with Crippen LogP contribution in [-0.4, -0.2) is 41.0 Å². The summed E-state index contributed by atoms with van der Waals surface area (Å²) < 4.78 is 28.0. The standard InChI is InChI=1S/C28H35F2N2OP.C3H7N3O/c1-18-9-11-20(12-10-18)19(2)32-25(33)24(21-7-6-8-23(17-21)28(29,30)34)31-27(32)15-13-22(14-16-27)26(3,4)5;4-3(5)1-6-2-7/h6-12,17,19,22H,13-16,34H2,1-5H3;2H,1H2,(H3,4,5)(H,6,7). The van der Waals surface area contributed by atoms with E-state index in [1.54, 1.807) is 21.4 Å². The highest BCUT2D eigenvalue weighted by Crippen LogP contribution is 2.49. The number of amides is 2. The highest BCUT2D eigenvalue weighted by molar-refractivity contribution is 7.17. The lowest BCUT2D eigenvalue weighted by molar-refractivity contribution is -0.133. The van der Waals surface area contributed by atoms with Gasteiger partial charge in [-0.3, -0.25) is 20.0 Å². The van der Waals surface area contributed by atoms with Crippen LogP contribution in [0, 0.1) is 23.7 Å². The number of aliphatic imine (C=N–C) groups is 1. The molecule has 2 aliphatic rings. The number of halogens is 2. The van der Waals surface area contributed by atoms with Crippen molar-refractivity contribution in [1.29, 1.82) is 5.41 Å². The van der Waals surface area contributed by atoms with E-state index in [4.69, 9.17) is 16.1 Å². The molecule has 2 amide bonds. The molecule has 0 saturated heterocycles. The second-order valence-electron chi connectivity index (χ2n) is 12.1. The van der Waals surface area contributed by atoms with Crippen molar-refractivity contribution in [2.45, 2.75) is 77.7 Å². The van der Waals surface area contributed by atoms with Crippen molar-refractivity contribution >= 4 is 33.1 Å². The van der Waals surface area contributed by atoms with E-state index in [9.17, 15) is 18.4 Å². The van der Waals surface area contributed by atoms with Crippen LogP contribution in [-0.2, 0) is 15.3 Å². The average molecular weight is 586 g/mol. The Hall–Kier alpha value is -3.19. The van der Waals surface area contributed by atoms with Crippen LogP contribution in [0.25, 0.3) is 0 Å². The largest absolute Gasteiger partial charge is 0.386 e. The molecule has 1 fully saturated rings. The first-order valence-electron chi connectivity index (χ1n) is 13.9. The van der Waals surface area contributed by atoms with Crippen LogP contribution in [0.2, 0.25) is 0 Å². The quantitative estimate of drug-likeness (QED) is 0.163. The Morgan fingerprint density at radius 2 is 1.83 bits per heavy atom. The number of nitrogens with one attached hydrogen (secondary N) is 2. The molecule has 0 bridgehead atoms. The van der Waals surface area contributed by atoms with Gasteiger partial charge in [0.1, 0.15) is 17.2 Å². The van der Waals surface area contributed by atoms with E-state index in [1.807, 2.05) is 18.7 Å². The lowest BCUT2D eigenvalue weighted by Crippen LogP contribution is -2.50. The number of hydrogen-bond acceptors (Lipinski definition) is 4. The van der Waals surface area contributed by atoms with Gasteiger partial charge < -0.3 is 16.0 Å². The van der Waals surface area contributed by atoms with Crippen LogP contribution >= 0.6 is 9.24 Å². The van der Waals surface area contributed by atoms with E-state index in [2.05, 4.69) is 50.4 Å². The number of nitrogens with two attached hydrogens (primary N) is 1. The molecule has 0 aromatic heterocycles. The van der Waals surface area contributed by atoms with E-state index >= 15 is 0 Å². The van der Waals surface area contributed by atoms with E-state index in [-0.39, 0.29) is 35.3 Å². The maximum Gasteiger partial charge on any atom is 0.283 e. The van der Waals surface area contributed by atoms with Crippen LogP contribution in [0.1, 0.15) is 81.7 Å². The zero-order chi connectivity index (χ0) is 30.6. The summed E-state index contributed by atoms with van der Waals surface area (Å²) in [5, 5.41) is 8.77. The fourth-order valence-corrected chi connectivity index (χ4v) is 5.84. The van der Waals surface area contributed by atoms with Gasteiger partial charge in [0.2, 0.25) is 6.41 Å². The molecule has 1 spiro atoms. The zero-order valence-corrected chi connectivity index (χ0v) is 25.7. The molecule has 2 atom stereocenters. The molecule has 222 valence electrons. The van der Waals surface area contributed by atoms with Crippen molar-refractivity contribution < 1.29 is 18.4 Å². The Morgan fingerprint density at radius 3 is 2.32 bits per heavy atom. The molecule has 2 unspecified atom stereocenters. The lowest BCUT2D eigenvalue weighted by Gasteiger charge is -2.46. The third-order valence-corrected chi connectivity index (χ3v) is 8.38. The summed E-state index contributed by atoms with van der Waals surface area (Å²) in [5.41, 5.74) is 4.17. The van der Waals surface area contributed by atoms with Gasteiger partial charge in [-0.2, -0.15) is 8.78 Å². The lowest BCUT2D eigenvalue weighted by atomic mass is 9.69. The van der Waals surface area contributed by atoms with Gasteiger partial charge in [-0.05, 0) is 62.5 Å². The highest BCUT2D eigenvalue weighted by atomic mass is 31.0.